The van der Waals surface area contributed by atoms with E-state index in [9.17, 15) is 13.2 Å². The lowest BCUT2D eigenvalue weighted by atomic mass is 10.2. The number of aryl methyl sites for hydroxylation is 2. The van der Waals surface area contributed by atoms with Gasteiger partial charge in [-0.1, -0.05) is 12.1 Å². The predicted octanol–water partition coefficient (Wildman–Crippen LogP) is 2.42. The van der Waals surface area contributed by atoms with Crippen LogP contribution in [-0.2, 0) is 16.6 Å². The molecule has 0 atom stereocenters. The van der Waals surface area contributed by atoms with Gasteiger partial charge in [-0.05, 0) is 49.7 Å². The van der Waals surface area contributed by atoms with Crippen molar-refractivity contribution in [2.24, 2.45) is 0 Å². The standard InChI is InChI=1S/C20H24N4O3S/c1-15-22-18-7-4-5-8-19(18)24(15)14-6-13-21-20(25)16-9-11-17(12-10-16)28(26,27)23(2)3/h4-5,7-12H,6,13-14H2,1-3H3,(H,21,25). The van der Waals surface area contributed by atoms with Crippen molar-refractivity contribution in [2.45, 2.75) is 24.8 Å². The molecular formula is C20H24N4O3S. The Kier molecular flexibility index (Phi) is 5.81. The Balaban J connectivity index is 1.56. The van der Waals surface area contributed by atoms with E-state index in [1.165, 1.54) is 38.4 Å². The molecule has 3 rings (SSSR count). The van der Waals surface area contributed by atoms with Crippen LogP contribution < -0.4 is 5.32 Å². The Hall–Kier alpha value is -2.71. The monoisotopic (exact) mass is 400 g/mol. The molecule has 0 aliphatic carbocycles. The van der Waals surface area contributed by atoms with Gasteiger partial charge >= 0.3 is 0 Å². The number of aromatic nitrogens is 2. The molecule has 2 aromatic carbocycles. The van der Waals surface area contributed by atoms with E-state index in [4.69, 9.17) is 0 Å². The van der Waals surface area contributed by atoms with Crippen LogP contribution in [0.1, 0.15) is 22.6 Å². The molecule has 1 N–H and O–H groups in total. The van der Waals surface area contributed by atoms with E-state index in [0.29, 0.717) is 12.1 Å². The van der Waals surface area contributed by atoms with Crippen LogP contribution in [0.2, 0.25) is 0 Å². The first-order valence-electron chi connectivity index (χ1n) is 9.03. The Labute approximate surface area is 165 Å². The molecule has 3 aromatic rings. The van der Waals surface area contributed by atoms with Gasteiger partial charge in [-0.15, -0.1) is 0 Å². The molecule has 0 fully saturated rings. The summed E-state index contributed by atoms with van der Waals surface area (Å²) >= 11 is 0. The fourth-order valence-corrected chi connectivity index (χ4v) is 3.91. The number of amides is 1. The highest BCUT2D eigenvalue weighted by molar-refractivity contribution is 7.89. The largest absolute Gasteiger partial charge is 0.352 e. The zero-order chi connectivity index (χ0) is 20.3. The molecule has 0 spiro atoms. The third-order valence-electron chi connectivity index (χ3n) is 4.58. The molecule has 8 heteroatoms. The summed E-state index contributed by atoms with van der Waals surface area (Å²) in [7, 11) is -0.548. The van der Waals surface area contributed by atoms with Crippen molar-refractivity contribution in [1.29, 1.82) is 0 Å². The van der Waals surface area contributed by atoms with E-state index in [-0.39, 0.29) is 10.8 Å². The lowest BCUT2D eigenvalue weighted by Crippen LogP contribution is -2.26. The molecule has 0 aliphatic rings. The molecule has 0 bridgehead atoms. The van der Waals surface area contributed by atoms with E-state index in [1.54, 1.807) is 0 Å². The molecule has 7 nitrogen and oxygen atoms in total. The van der Waals surface area contributed by atoms with Gasteiger partial charge in [-0.2, -0.15) is 0 Å². The van der Waals surface area contributed by atoms with Crippen LogP contribution >= 0.6 is 0 Å². The average Bonchev–Trinajstić information content (AvgIpc) is 3.00. The smallest absolute Gasteiger partial charge is 0.251 e. The SMILES string of the molecule is Cc1nc2ccccc2n1CCCNC(=O)c1ccc(S(=O)(=O)N(C)C)cc1. The Morgan fingerprint density at radius 3 is 2.46 bits per heavy atom. The van der Waals surface area contributed by atoms with Gasteiger partial charge in [-0.3, -0.25) is 4.79 Å². The Bertz CT molecular complexity index is 1090. The van der Waals surface area contributed by atoms with Crippen LogP contribution in [0.5, 0.6) is 0 Å². The average molecular weight is 401 g/mol. The summed E-state index contributed by atoms with van der Waals surface area (Å²) in [5, 5.41) is 2.88. The minimum Gasteiger partial charge on any atom is -0.352 e. The van der Waals surface area contributed by atoms with Crippen molar-refractivity contribution in [3.05, 3.63) is 59.9 Å². The van der Waals surface area contributed by atoms with Crippen molar-refractivity contribution in [3.63, 3.8) is 0 Å². The van der Waals surface area contributed by atoms with Gasteiger partial charge in [0, 0.05) is 32.7 Å². The van der Waals surface area contributed by atoms with Gasteiger partial charge in [0.05, 0.1) is 15.9 Å². The highest BCUT2D eigenvalue weighted by Crippen LogP contribution is 2.16. The second-order valence-corrected chi connectivity index (χ2v) is 8.87. The van der Waals surface area contributed by atoms with E-state index >= 15 is 0 Å². The van der Waals surface area contributed by atoms with E-state index in [1.807, 2.05) is 31.2 Å². The number of rotatable bonds is 7. The number of imidazole rings is 1. The summed E-state index contributed by atoms with van der Waals surface area (Å²) in [6.07, 6.45) is 0.764. The van der Waals surface area contributed by atoms with Crippen molar-refractivity contribution in [2.75, 3.05) is 20.6 Å². The molecule has 148 valence electrons. The summed E-state index contributed by atoms with van der Waals surface area (Å²) in [5.74, 6) is 0.728. The zero-order valence-electron chi connectivity index (χ0n) is 16.2. The van der Waals surface area contributed by atoms with Crippen molar-refractivity contribution in [3.8, 4) is 0 Å². The van der Waals surface area contributed by atoms with Crippen LogP contribution in [0.3, 0.4) is 0 Å². The molecule has 0 unspecified atom stereocenters. The maximum absolute atomic E-state index is 12.3. The number of hydrogen-bond acceptors (Lipinski definition) is 4. The van der Waals surface area contributed by atoms with Crippen molar-refractivity contribution in [1.82, 2.24) is 19.2 Å². The van der Waals surface area contributed by atoms with Gasteiger partial charge in [0.25, 0.3) is 5.91 Å². The first kappa shape index (κ1) is 20.0. The fourth-order valence-electron chi connectivity index (χ4n) is 3.01. The van der Waals surface area contributed by atoms with Crippen LogP contribution in [-0.4, -0.2) is 48.8 Å². The maximum atomic E-state index is 12.3. The lowest BCUT2D eigenvalue weighted by Gasteiger charge is -2.12. The van der Waals surface area contributed by atoms with Crippen LogP contribution in [0.15, 0.2) is 53.4 Å². The fraction of sp³-hybridized carbons (Fsp3) is 0.300. The predicted molar refractivity (Wildman–Crippen MR) is 109 cm³/mol. The van der Waals surface area contributed by atoms with Gasteiger partial charge in [0.1, 0.15) is 5.82 Å². The molecular weight excluding hydrogens is 376 g/mol. The van der Waals surface area contributed by atoms with Crippen LogP contribution in [0.4, 0.5) is 0 Å². The quantitative estimate of drug-likeness (QED) is 0.617. The second kappa shape index (κ2) is 8.12. The van der Waals surface area contributed by atoms with E-state index in [2.05, 4.69) is 14.9 Å². The molecule has 0 saturated heterocycles. The summed E-state index contributed by atoms with van der Waals surface area (Å²) in [4.78, 5) is 17.0. The number of para-hydroxylation sites is 2. The van der Waals surface area contributed by atoms with Gasteiger partial charge in [0.15, 0.2) is 0 Å². The highest BCUT2D eigenvalue weighted by Gasteiger charge is 2.17. The molecule has 0 radical (unpaired) electrons. The Morgan fingerprint density at radius 2 is 1.79 bits per heavy atom. The number of hydrogen-bond donors (Lipinski definition) is 1. The number of benzene rings is 2. The van der Waals surface area contributed by atoms with Crippen molar-refractivity contribution < 1.29 is 13.2 Å². The summed E-state index contributed by atoms with van der Waals surface area (Å²) < 4.78 is 27.4. The molecule has 1 amide bonds. The van der Waals surface area contributed by atoms with Gasteiger partial charge < -0.3 is 9.88 Å². The van der Waals surface area contributed by atoms with Crippen LogP contribution in [0.25, 0.3) is 11.0 Å². The number of nitrogens with zero attached hydrogens (tertiary/aromatic N) is 3. The maximum Gasteiger partial charge on any atom is 0.251 e. The molecule has 0 saturated carbocycles. The molecule has 1 aromatic heterocycles. The number of nitrogens with one attached hydrogen (secondary N) is 1. The van der Waals surface area contributed by atoms with E-state index in [0.717, 1.165) is 34.1 Å². The minimum atomic E-state index is -3.49. The second-order valence-electron chi connectivity index (χ2n) is 6.72. The zero-order valence-corrected chi connectivity index (χ0v) is 17.0. The van der Waals surface area contributed by atoms with Gasteiger partial charge in [0.2, 0.25) is 10.0 Å². The number of sulfonamides is 1. The van der Waals surface area contributed by atoms with Crippen molar-refractivity contribution >= 4 is 27.0 Å². The normalized spacial score (nSPS) is 11.9. The summed E-state index contributed by atoms with van der Waals surface area (Å²) in [6, 6.07) is 13.9. The first-order chi connectivity index (χ1) is 13.3. The molecule has 1 heterocycles. The number of fused-ring (bicyclic) bond motifs is 1. The van der Waals surface area contributed by atoms with Gasteiger partial charge in [-0.25, -0.2) is 17.7 Å². The minimum absolute atomic E-state index is 0.163. The topological polar surface area (TPSA) is 84.3 Å². The van der Waals surface area contributed by atoms with Crippen LogP contribution in [0, 0.1) is 6.92 Å². The lowest BCUT2D eigenvalue weighted by molar-refractivity contribution is 0.0952. The molecule has 28 heavy (non-hydrogen) atoms. The third kappa shape index (κ3) is 4.07. The summed E-state index contributed by atoms with van der Waals surface area (Å²) in [5.41, 5.74) is 2.49. The number of carbonyl (C=O) groups is 1. The van der Waals surface area contributed by atoms with E-state index < -0.39 is 10.0 Å². The summed E-state index contributed by atoms with van der Waals surface area (Å²) in [6.45, 7) is 3.25. The highest BCUT2D eigenvalue weighted by atomic mass is 32.2. The third-order valence-corrected chi connectivity index (χ3v) is 6.41. The number of carbonyl (C=O) groups excluding carboxylic acids is 1. The molecule has 0 aliphatic heterocycles. The first-order valence-corrected chi connectivity index (χ1v) is 10.5. The Morgan fingerprint density at radius 1 is 1.11 bits per heavy atom.